The summed E-state index contributed by atoms with van der Waals surface area (Å²) in [5.41, 5.74) is 1.10. The summed E-state index contributed by atoms with van der Waals surface area (Å²) in [6, 6.07) is 6.79. The normalized spacial score (nSPS) is 13.7. The van der Waals surface area contributed by atoms with Crippen molar-refractivity contribution in [3.63, 3.8) is 0 Å². The number of benzene rings is 1. The molecule has 1 rings (SSSR count). The van der Waals surface area contributed by atoms with Gasteiger partial charge in [-0.3, -0.25) is 9.59 Å². The van der Waals surface area contributed by atoms with Crippen LogP contribution in [0.4, 0.5) is 0 Å². The van der Waals surface area contributed by atoms with Crippen molar-refractivity contribution in [2.75, 3.05) is 7.11 Å². The second-order valence-corrected chi connectivity index (χ2v) is 4.37. The van der Waals surface area contributed by atoms with Crippen molar-refractivity contribution in [3.8, 4) is 0 Å². The van der Waals surface area contributed by atoms with Crippen LogP contribution in [0.3, 0.4) is 0 Å². The van der Waals surface area contributed by atoms with Gasteiger partial charge in [0.2, 0.25) is 0 Å². The molecule has 0 heterocycles. The highest BCUT2D eigenvalue weighted by atomic mass is 16.5. The van der Waals surface area contributed by atoms with Crippen molar-refractivity contribution in [2.45, 2.75) is 32.0 Å². The van der Waals surface area contributed by atoms with Crippen LogP contribution < -0.4 is 0 Å². The maximum absolute atomic E-state index is 11.2. The minimum atomic E-state index is -1.26. The van der Waals surface area contributed by atoms with Crippen molar-refractivity contribution in [1.82, 2.24) is 0 Å². The monoisotopic (exact) mass is 266 g/mol. The molecule has 0 aromatic heterocycles. The Labute approximate surface area is 111 Å². The first-order chi connectivity index (χ1) is 8.95. The van der Waals surface area contributed by atoms with Gasteiger partial charge in [-0.15, -0.1) is 0 Å². The molecule has 19 heavy (non-hydrogen) atoms. The van der Waals surface area contributed by atoms with E-state index in [0.29, 0.717) is 11.1 Å². The highest BCUT2D eigenvalue weighted by Gasteiger charge is 2.23. The van der Waals surface area contributed by atoms with E-state index in [1.807, 2.05) is 0 Å². The third-order valence-electron chi connectivity index (χ3n) is 2.78. The zero-order valence-electron chi connectivity index (χ0n) is 11.0. The molecule has 0 saturated heterocycles. The van der Waals surface area contributed by atoms with Crippen molar-refractivity contribution in [2.24, 2.45) is 0 Å². The highest BCUT2D eigenvalue weighted by molar-refractivity contribution is 5.78. The first-order valence-corrected chi connectivity index (χ1v) is 5.96. The van der Waals surface area contributed by atoms with Crippen molar-refractivity contribution in [3.05, 3.63) is 35.4 Å². The maximum atomic E-state index is 11.2. The van der Waals surface area contributed by atoms with Crippen LogP contribution in [-0.2, 0) is 20.7 Å². The third-order valence-corrected chi connectivity index (χ3v) is 2.78. The van der Waals surface area contributed by atoms with Crippen LogP contribution in [0, 0.1) is 0 Å². The molecule has 104 valence electrons. The average molecular weight is 266 g/mol. The van der Waals surface area contributed by atoms with Gasteiger partial charge in [-0.2, -0.15) is 0 Å². The summed E-state index contributed by atoms with van der Waals surface area (Å²) in [6.45, 7) is 1.45. The number of carbonyl (C=O) groups excluding carboxylic acids is 2. The second-order valence-electron chi connectivity index (χ2n) is 4.37. The molecule has 5 heteroatoms. The van der Waals surface area contributed by atoms with E-state index in [-0.39, 0.29) is 18.6 Å². The molecule has 0 aliphatic heterocycles. The van der Waals surface area contributed by atoms with Gasteiger partial charge in [-0.1, -0.05) is 24.3 Å². The average Bonchev–Trinajstić information content (AvgIpc) is 2.37. The first kappa shape index (κ1) is 15.3. The first-order valence-electron chi connectivity index (χ1n) is 5.96. The minimum Gasteiger partial charge on any atom is -0.469 e. The van der Waals surface area contributed by atoms with Gasteiger partial charge in [-0.05, 0) is 18.1 Å². The topological polar surface area (TPSA) is 83.8 Å². The minimum absolute atomic E-state index is 0.0397. The molecule has 5 nitrogen and oxygen atoms in total. The Morgan fingerprint density at radius 1 is 1.26 bits per heavy atom. The summed E-state index contributed by atoms with van der Waals surface area (Å²) in [5, 5.41) is 19.9. The molecule has 2 unspecified atom stereocenters. The van der Waals surface area contributed by atoms with Crippen LogP contribution in [-0.4, -0.2) is 35.2 Å². The molecule has 0 saturated carbocycles. The Morgan fingerprint density at radius 3 is 2.47 bits per heavy atom. The quantitative estimate of drug-likeness (QED) is 0.743. The number of hydrogen-bond donors (Lipinski definition) is 2. The van der Waals surface area contributed by atoms with Gasteiger partial charge >= 0.3 is 5.97 Å². The van der Waals surface area contributed by atoms with E-state index in [9.17, 15) is 19.8 Å². The van der Waals surface area contributed by atoms with Crippen LogP contribution >= 0.6 is 0 Å². The molecule has 0 radical (unpaired) electrons. The molecule has 0 amide bonds. The van der Waals surface area contributed by atoms with Gasteiger partial charge in [0.1, 0.15) is 11.9 Å². The van der Waals surface area contributed by atoms with Crippen LogP contribution in [0.15, 0.2) is 24.3 Å². The number of aliphatic hydroxyl groups is 2. The van der Waals surface area contributed by atoms with Crippen LogP contribution in [0.25, 0.3) is 0 Å². The second kappa shape index (κ2) is 7.01. The van der Waals surface area contributed by atoms with E-state index >= 15 is 0 Å². The summed E-state index contributed by atoms with van der Waals surface area (Å²) in [7, 11) is 1.21. The summed E-state index contributed by atoms with van der Waals surface area (Å²) in [5.74, 6) is -0.641. The number of ketones is 1. The van der Waals surface area contributed by atoms with E-state index in [2.05, 4.69) is 4.74 Å². The van der Waals surface area contributed by atoms with Gasteiger partial charge in [0, 0.05) is 6.42 Å². The fourth-order valence-corrected chi connectivity index (χ4v) is 1.82. The van der Waals surface area contributed by atoms with Gasteiger partial charge in [0.05, 0.1) is 19.6 Å². The van der Waals surface area contributed by atoms with E-state index in [1.165, 1.54) is 14.0 Å². The molecule has 0 aliphatic carbocycles. The summed E-state index contributed by atoms with van der Waals surface area (Å²) in [6.07, 6.45) is -2.61. The fourth-order valence-electron chi connectivity index (χ4n) is 1.82. The SMILES string of the molecule is COC(=O)CC(O)C(O)c1ccccc1CC(C)=O. The molecule has 2 atom stereocenters. The molecule has 0 fully saturated rings. The van der Waals surface area contributed by atoms with Crippen LogP contribution in [0.2, 0.25) is 0 Å². The van der Waals surface area contributed by atoms with E-state index in [4.69, 9.17) is 0 Å². The lowest BCUT2D eigenvalue weighted by atomic mass is 9.94. The third kappa shape index (κ3) is 4.46. The molecular formula is C14H18O5. The Balaban J connectivity index is 2.89. The number of Topliss-reactive ketones (excluding diaryl/α,β-unsaturated/α-hetero) is 1. The standard InChI is InChI=1S/C14H18O5/c1-9(15)7-10-5-3-4-6-11(10)14(18)12(16)8-13(17)19-2/h3-6,12,14,16,18H,7-8H2,1-2H3. The number of carbonyl (C=O) groups is 2. The lowest BCUT2D eigenvalue weighted by molar-refractivity contribution is -0.144. The van der Waals surface area contributed by atoms with Crippen molar-refractivity contribution < 1.29 is 24.5 Å². The number of rotatable bonds is 6. The zero-order valence-corrected chi connectivity index (χ0v) is 11.0. The summed E-state index contributed by atoms with van der Waals surface area (Å²) in [4.78, 5) is 22.2. The molecule has 0 aliphatic rings. The Bertz CT molecular complexity index is 455. The number of hydrogen-bond acceptors (Lipinski definition) is 5. The van der Waals surface area contributed by atoms with Gasteiger partial charge in [-0.25, -0.2) is 0 Å². The molecular weight excluding hydrogens is 248 g/mol. The largest absolute Gasteiger partial charge is 0.469 e. The van der Waals surface area contributed by atoms with Crippen LogP contribution in [0.5, 0.6) is 0 Å². The van der Waals surface area contributed by atoms with Crippen molar-refractivity contribution in [1.29, 1.82) is 0 Å². The zero-order chi connectivity index (χ0) is 14.4. The molecule has 0 bridgehead atoms. The summed E-state index contributed by atoms with van der Waals surface area (Å²) >= 11 is 0. The van der Waals surface area contributed by atoms with E-state index in [0.717, 1.165) is 0 Å². The lowest BCUT2D eigenvalue weighted by Gasteiger charge is -2.19. The number of ether oxygens (including phenoxy) is 1. The predicted octanol–water partition coefficient (Wildman–Crippen LogP) is 0.776. The molecule has 2 N–H and O–H groups in total. The molecule has 0 spiro atoms. The number of methoxy groups -OCH3 is 1. The fraction of sp³-hybridized carbons (Fsp3) is 0.429. The predicted molar refractivity (Wildman–Crippen MR) is 68.4 cm³/mol. The molecule has 1 aromatic carbocycles. The lowest BCUT2D eigenvalue weighted by Crippen LogP contribution is -2.23. The van der Waals surface area contributed by atoms with Crippen molar-refractivity contribution >= 4 is 11.8 Å². The van der Waals surface area contributed by atoms with E-state index < -0.39 is 18.2 Å². The summed E-state index contributed by atoms with van der Waals surface area (Å²) < 4.78 is 4.44. The van der Waals surface area contributed by atoms with E-state index in [1.54, 1.807) is 24.3 Å². The molecule has 1 aromatic rings. The highest BCUT2D eigenvalue weighted by Crippen LogP contribution is 2.23. The Morgan fingerprint density at radius 2 is 1.89 bits per heavy atom. The van der Waals surface area contributed by atoms with Gasteiger partial charge < -0.3 is 14.9 Å². The number of esters is 1. The maximum Gasteiger partial charge on any atom is 0.308 e. The van der Waals surface area contributed by atoms with Gasteiger partial charge in [0.25, 0.3) is 0 Å². The smallest absolute Gasteiger partial charge is 0.308 e. The van der Waals surface area contributed by atoms with Gasteiger partial charge in [0.15, 0.2) is 0 Å². The number of aliphatic hydroxyl groups excluding tert-OH is 2. The van der Waals surface area contributed by atoms with Crippen LogP contribution in [0.1, 0.15) is 30.6 Å². The Hall–Kier alpha value is -1.72. The Kier molecular flexibility index (Phi) is 5.66.